The molecule has 1 aliphatic heterocycles. The third-order valence-corrected chi connectivity index (χ3v) is 3.38. The van der Waals surface area contributed by atoms with Gasteiger partial charge in [-0.1, -0.05) is 12.8 Å². The van der Waals surface area contributed by atoms with Gasteiger partial charge in [0, 0.05) is 26.4 Å². The van der Waals surface area contributed by atoms with E-state index in [-0.39, 0.29) is 25.4 Å². The summed E-state index contributed by atoms with van der Waals surface area (Å²) in [5.74, 6) is -1.42. The first-order valence-electron chi connectivity index (χ1n) is 7.71. The highest BCUT2D eigenvalue weighted by Gasteiger charge is 2.32. The molecular weight excluding hydrogens is 290 g/mol. The van der Waals surface area contributed by atoms with Gasteiger partial charge in [-0.2, -0.15) is 0 Å². The van der Waals surface area contributed by atoms with Crippen molar-refractivity contribution in [3.05, 3.63) is 0 Å². The smallest absolute Gasteiger partial charge is 0.333 e. The first-order valence-corrected chi connectivity index (χ1v) is 7.71. The Morgan fingerprint density at radius 2 is 1.82 bits per heavy atom. The lowest BCUT2D eigenvalue weighted by Crippen LogP contribution is -2.31. The molecule has 1 fully saturated rings. The van der Waals surface area contributed by atoms with Crippen LogP contribution < -0.4 is 0 Å². The number of hydrogen-bond donors (Lipinski definition) is 0. The third kappa shape index (κ3) is 7.00. The molecule has 1 unspecified atom stereocenters. The number of carbonyl (C=O) groups is 3. The molecule has 0 aliphatic carbocycles. The lowest BCUT2D eigenvalue weighted by molar-refractivity contribution is -0.197. The van der Waals surface area contributed by atoms with E-state index in [1.54, 1.807) is 7.11 Å². The van der Waals surface area contributed by atoms with E-state index in [2.05, 4.69) is 0 Å². The fourth-order valence-electron chi connectivity index (χ4n) is 2.10. The second kappa shape index (κ2) is 10.3. The number of carbonyl (C=O) groups excluding carboxylic acids is 3. The van der Waals surface area contributed by atoms with Gasteiger partial charge in [0.1, 0.15) is 0 Å². The van der Waals surface area contributed by atoms with E-state index < -0.39 is 17.8 Å². The van der Waals surface area contributed by atoms with Crippen LogP contribution in [0, 0.1) is 0 Å². The van der Waals surface area contributed by atoms with Crippen molar-refractivity contribution < 1.29 is 28.7 Å². The van der Waals surface area contributed by atoms with Gasteiger partial charge in [0.05, 0.1) is 19.3 Å². The van der Waals surface area contributed by atoms with Crippen molar-refractivity contribution in [2.75, 3.05) is 20.3 Å². The monoisotopic (exact) mass is 315 g/mol. The molecule has 1 atom stereocenters. The highest BCUT2D eigenvalue weighted by Crippen LogP contribution is 2.14. The Kier molecular flexibility index (Phi) is 8.69. The van der Waals surface area contributed by atoms with Gasteiger partial charge in [0.2, 0.25) is 0 Å². The zero-order valence-electron chi connectivity index (χ0n) is 13.3. The summed E-state index contributed by atoms with van der Waals surface area (Å²) in [6.07, 6.45) is 4.01. The Hall–Kier alpha value is -1.47. The van der Waals surface area contributed by atoms with Crippen molar-refractivity contribution in [2.45, 2.75) is 58.0 Å². The molecule has 126 valence electrons. The van der Waals surface area contributed by atoms with Crippen molar-refractivity contribution >= 4 is 17.8 Å². The second-order valence-electron chi connectivity index (χ2n) is 5.32. The Balaban J connectivity index is 2.03. The van der Waals surface area contributed by atoms with Crippen LogP contribution in [0.15, 0.2) is 0 Å². The maximum atomic E-state index is 11.6. The van der Waals surface area contributed by atoms with Crippen LogP contribution in [0.1, 0.15) is 51.9 Å². The van der Waals surface area contributed by atoms with Gasteiger partial charge in [-0.3, -0.25) is 9.59 Å². The molecule has 1 aliphatic rings. The first-order chi connectivity index (χ1) is 10.5. The second-order valence-corrected chi connectivity index (χ2v) is 5.32. The predicted molar refractivity (Wildman–Crippen MR) is 77.6 cm³/mol. The first kappa shape index (κ1) is 18.6. The molecule has 22 heavy (non-hydrogen) atoms. The van der Waals surface area contributed by atoms with Crippen molar-refractivity contribution in [3.63, 3.8) is 0 Å². The van der Waals surface area contributed by atoms with Gasteiger partial charge in [-0.25, -0.2) is 4.79 Å². The van der Waals surface area contributed by atoms with Crippen LogP contribution in [-0.4, -0.2) is 49.3 Å². The van der Waals surface area contributed by atoms with Gasteiger partial charge in [0.25, 0.3) is 11.8 Å². The van der Waals surface area contributed by atoms with Gasteiger partial charge < -0.3 is 14.3 Å². The summed E-state index contributed by atoms with van der Waals surface area (Å²) in [5, 5.41) is 0.591. The summed E-state index contributed by atoms with van der Waals surface area (Å²) in [5.41, 5.74) is 0. The highest BCUT2D eigenvalue weighted by atomic mass is 16.7. The quantitative estimate of drug-likeness (QED) is 0.425. The summed E-state index contributed by atoms with van der Waals surface area (Å²) in [7, 11) is 1.64. The number of nitrogens with zero attached hydrogens (tertiary/aromatic N) is 1. The summed E-state index contributed by atoms with van der Waals surface area (Å²) in [6, 6.07) is 0. The molecule has 0 bridgehead atoms. The molecule has 7 heteroatoms. The Morgan fingerprint density at radius 1 is 1.14 bits per heavy atom. The van der Waals surface area contributed by atoms with Gasteiger partial charge >= 0.3 is 5.97 Å². The molecule has 1 heterocycles. The normalized spacial score (nSPS) is 16.2. The Bertz CT molecular complexity index is 368. The SMILES string of the molecule is COCCOC(C)CCCCCC(=O)ON1C(=O)CCC1=O. The molecular formula is C15H25NO6. The lowest BCUT2D eigenvalue weighted by atomic mass is 10.1. The average molecular weight is 315 g/mol. The van der Waals surface area contributed by atoms with Crippen LogP contribution in [-0.2, 0) is 28.7 Å². The van der Waals surface area contributed by atoms with Gasteiger partial charge in [0.15, 0.2) is 0 Å². The van der Waals surface area contributed by atoms with E-state index in [1.165, 1.54) is 0 Å². The van der Waals surface area contributed by atoms with Gasteiger partial charge in [-0.05, 0) is 19.8 Å². The maximum absolute atomic E-state index is 11.6. The molecule has 1 rings (SSSR count). The van der Waals surface area contributed by atoms with E-state index in [1.807, 2.05) is 6.92 Å². The van der Waals surface area contributed by atoms with E-state index in [9.17, 15) is 14.4 Å². The molecule has 2 amide bonds. The number of hydrogen-bond acceptors (Lipinski definition) is 6. The van der Waals surface area contributed by atoms with Crippen molar-refractivity contribution in [3.8, 4) is 0 Å². The summed E-state index contributed by atoms with van der Waals surface area (Å²) < 4.78 is 10.4. The molecule has 0 radical (unpaired) electrons. The van der Waals surface area contributed by atoms with Gasteiger partial charge in [-0.15, -0.1) is 5.06 Å². The molecule has 0 saturated carbocycles. The zero-order valence-corrected chi connectivity index (χ0v) is 13.3. The highest BCUT2D eigenvalue weighted by molar-refractivity contribution is 6.01. The molecule has 0 spiro atoms. The number of rotatable bonds is 11. The number of ether oxygens (including phenoxy) is 2. The number of hydroxylamine groups is 2. The fourth-order valence-corrected chi connectivity index (χ4v) is 2.10. The molecule has 1 saturated heterocycles. The number of methoxy groups -OCH3 is 1. The zero-order chi connectivity index (χ0) is 16.4. The molecule has 0 aromatic carbocycles. The van der Waals surface area contributed by atoms with E-state index in [0.29, 0.717) is 24.7 Å². The van der Waals surface area contributed by atoms with Crippen LogP contribution in [0.3, 0.4) is 0 Å². The summed E-state index contributed by atoms with van der Waals surface area (Å²) >= 11 is 0. The Morgan fingerprint density at radius 3 is 2.45 bits per heavy atom. The van der Waals surface area contributed by atoms with Crippen molar-refractivity contribution in [1.82, 2.24) is 5.06 Å². The van der Waals surface area contributed by atoms with Crippen molar-refractivity contribution in [2.24, 2.45) is 0 Å². The number of amides is 2. The lowest BCUT2D eigenvalue weighted by Gasteiger charge is -2.13. The number of imide groups is 1. The van der Waals surface area contributed by atoms with Crippen molar-refractivity contribution in [1.29, 1.82) is 0 Å². The number of unbranched alkanes of at least 4 members (excludes halogenated alkanes) is 2. The maximum Gasteiger partial charge on any atom is 0.333 e. The average Bonchev–Trinajstić information content (AvgIpc) is 2.79. The molecule has 7 nitrogen and oxygen atoms in total. The van der Waals surface area contributed by atoms with E-state index in [4.69, 9.17) is 14.3 Å². The molecule has 0 N–H and O–H groups in total. The summed E-state index contributed by atoms with van der Waals surface area (Å²) in [4.78, 5) is 38.9. The largest absolute Gasteiger partial charge is 0.382 e. The van der Waals surface area contributed by atoms with Crippen LogP contribution in [0.25, 0.3) is 0 Å². The van der Waals surface area contributed by atoms with E-state index in [0.717, 1.165) is 19.3 Å². The third-order valence-electron chi connectivity index (χ3n) is 3.38. The molecule has 0 aromatic rings. The van der Waals surface area contributed by atoms with Crippen LogP contribution in [0.4, 0.5) is 0 Å². The van der Waals surface area contributed by atoms with Crippen LogP contribution in [0.5, 0.6) is 0 Å². The minimum Gasteiger partial charge on any atom is -0.382 e. The Labute approximate surface area is 130 Å². The van der Waals surface area contributed by atoms with E-state index >= 15 is 0 Å². The fraction of sp³-hybridized carbons (Fsp3) is 0.800. The molecule has 0 aromatic heterocycles. The predicted octanol–water partition coefficient (Wildman–Crippen LogP) is 1.60. The summed E-state index contributed by atoms with van der Waals surface area (Å²) in [6.45, 7) is 3.18. The minimum atomic E-state index is -0.534. The van der Waals surface area contributed by atoms with Crippen LogP contribution in [0.2, 0.25) is 0 Å². The van der Waals surface area contributed by atoms with Crippen LogP contribution >= 0.6 is 0 Å². The standard InChI is InChI=1S/C15H25NO6/c1-12(21-11-10-20-2)6-4-3-5-7-15(19)22-16-13(17)8-9-14(16)18/h12H,3-11H2,1-2H3. The topological polar surface area (TPSA) is 82.1 Å². The minimum absolute atomic E-state index is 0.118.